The first kappa shape index (κ1) is 14.3. The van der Waals surface area contributed by atoms with E-state index in [0.717, 1.165) is 5.56 Å². The van der Waals surface area contributed by atoms with Crippen LogP contribution in [0.5, 0.6) is 0 Å². The van der Waals surface area contributed by atoms with Crippen molar-refractivity contribution in [2.75, 3.05) is 5.32 Å². The molecule has 0 aliphatic rings. The van der Waals surface area contributed by atoms with E-state index in [1.165, 1.54) is 18.2 Å². The van der Waals surface area contributed by atoms with E-state index in [4.69, 9.17) is 11.6 Å². The van der Waals surface area contributed by atoms with Crippen LogP contribution in [0.2, 0.25) is 5.02 Å². The molecule has 0 fully saturated rings. The van der Waals surface area contributed by atoms with Crippen LogP contribution in [0.4, 0.5) is 15.8 Å². The van der Waals surface area contributed by atoms with Gasteiger partial charge < -0.3 is 5.32 Å². The molecule has 0 radical (unpaired) electrons. The van der Waals surface area contributed by atoms with Crippen LogP contribution in [0, 0.1) is 22.9 Å². The van der Waals surface area contributed by atoms with Crippen LogP contribution >= 0.6 is 11.6 Å². The van der Waals surface area contributed by atoms with Crippen molar-refractivity contribution in [3.63, 3.8) is 0 Å². The topological polar surface area (TPSA) is 55.2 Å². The number of nitro groups is 1. The molecule has 0 amide bonds. The number of hydrogen-bond donors (Lipinski definition) is 1. The summed E-state index contributed by atoms with van der Waals surface area (Å²) >= 11 is 5.72. The maximum absolute atomic E-state index is 13.6. The minimum absolute atomic E-state index is 0.0716. The van der Waals surface area contributed by atoms with Gasteiger partial charge in [-0.3, -0.25) is 10.1 Å². The summed E-state index contributed by atoms with van der Waals surface area (Å²) in [6.07, 6.45) is 0. The SMILES string of the molecule is Cc1ccc(F)c(CNc2ccc(Cl)c([N+](=O)[O-])c2)c1. The van der Waals surface area contributed by atoms with Gasteiger partial charge in [-0.15, -0.1) is 0 Å². The number of anilines is 1. The van der Waals surface area contributed by atoms with Gasteiger partial charge in [0.15, 0.2) is 0 Å². The van der Waals surface area contributed by atoms with Crippen molar-refractivity contribution in [3.8, 4) is 0 Å². The maximum Gasteiger partial charge on any atom is 0.289 e. The molecule has 4 nitrogen and oxygen atoms in total. The predicted octanol–water partition coefficient (Wildman–Crippen LogP) is 4.31. The Bertz CT molecular complexity index is 662. The Morgan fingerprint density at radius 1 is 1.30 bits per heavy atom. The molecule has 0 saturated carbocycles. The van der Waals surface area contributed by atoms with Crippen LogP contribution in [0.15, 0.2) is 36.4 Å². The summed E-state index contributed by atoms with van der Waals surface area (Å²) in [5.41, 5.74) is 1.79. The van der Waals surface area contributed by atoms with E-state index in [1.54, 1.807) is 18.2 Å². The van der Waals surface area contributed by atoms with Crippen LogP contribution < -0.4 is 5.32 Å². The van der Waals surface area contributed by atoms with Crippen LogP contribution in [-0.4, -0.2) is 4.92 Å². The molecule has 0 aliphatic heterocycles. The van der Waals surface area contributed by atoms with Crippen molar-refractivity contribution in [2.24, 2.45) is 0 Å². The molecule has 0 bridgehead atoms. The first-order chi connectivity index (χ1) is 9.47. The monoisotopic (exact) mass is 294 g/mol. The second-order valence-electron chi connectivity index (χ2n) is 4.37. The van der Waals surface area contributed by atoms with Crippen LogP contribution in [0.25, 0.3) is 0 Å². The normalized spacial score (nSPS) is 10.3. The molecule has 0 aromatic heterocycles. The van der Waals surface area contributed by atoms with Gasteiger partial charge in [-0.25, -0.2) is 4.39 Å². The Morgan fingerprint density at radius 2 is 2.05 bits per heavy atom. The second kappa shape index (κ2) is 5.88. The molecule has 0 saturated heterocycles. The van der Waals surface area contributed by atoms with Gasteiger partial charge in [-0.1, -0.05) is 29.3 Å². The molecule has 104 valence electrons. The number of halogens is 2. The highest BCUT2D eigenvalue weighted by molar-refractivity contribution is 6.32. The lowest BCUT2D eigenvalue weighted by molar-refractivity contribution is -0.384. The van der Waals surface area contributed by atoms with Gasteiger partial charge in [-0.2, -0.15) is 0 Å². The van der Waals surface area contributed by atoms with E-state index in [1.807, 2.05) is 6.92 Å². The summed E-state index contributed by atoms with van der Waals surface area (Å²) in [4.78, 5) is 10.2. The Hall–Kier alpha value is -2.14. The number of rotatable bonds is 4. The third-order valence-electron chi connectivity index (χ3n) is 2.83. The Balaban J connectivity index is 2.17. The third kappa shape index (κ3) is 3.24. The summed E-state index contributed by atoms with van der Waals surface area (Å²) in [5.74, 6) is -0.313. The van der Waals surface area contributed by atoms with Crippen molar-refractivity contribution >= 4 is 23.0 Å². The first-order valence-electron chi connectivity index (χ1n) is 5.90. The summed E-state index contributed by atoms with van der Waals surface area (Å²) in [6.45, 7) is 2.11. The molecule has 0 unspecified atom stereocenters. The summed E-state index contributed by atoms with van der Waals surface area (Å²) in [7, 11) is 0. The van der Waals surface area contributed by atoms with Crippen LogP contribution in [0.3, 0.4) is 0 Å². The van der Waals surface area contributed by atoms with Crippen molar-refractivity contribution in [1.29, 1.82) is 0 Å². The standard InChI is InChI=1S/C14H12ClFN2O2/c1-9-2-5-13(16)10(6-9)8-17-11-3-4-12(15)14(7-11)18(19)20/h2-7,17H,8H2,1H3. The van der Waals surface area contributed by atoms with Crippen LogP contribution in [0.1, 0.15) is 11.1 Å². The van der Waals surface area contributed by atoms with Gasteiger partial charge in [0, 0.05) is 23.9 Å². The number of benzene rings is 2. The maximum atomic E-state index is 13.6. The van der Waals surface area contributed by atoms with Crippen molar-refractivity contribution in [2.45, 2.75) is 13.5 Å². The summed E-state index contributed by atoms with van der Waals surface area (Å²) < 4.78 is 13.6. The quantitative estimate of drug-likeness (QED) is 0.675. The van der Waals surface area contributed by atoms with E-state index in [2.05, 4.69) is 5.32 Å². The van der Waals surface area contributed by atoms with Crippen molar-refractivity contribution in [3.05, 3.63) is 68.5 Å². The molecule has 2 rings (SSSR count). The van der Waals surface area contributed by atoms with E-state index < -0.39 is 4.92 Å². The Kier molecular flexibility index (Phi) is 4.20. The lowest BCUT2D eigenvalue weighted by atomic mass is 10.1. The Labute approximate surface area is 120 Å². The van der Waals surface area contributed by atoms with E-state index in [9.17, 15) is 14.5 Å². The molecule has 1 N–H and O–H groups in total. The minimum Gasteiger partial charge on any atom is -0.381 e. The fourth-order valence-corrected chi connectivity index (χ4v) is 1.99. The number of nitrogens with one attached hydrogen (secondary N) is 1. The van der Waals surface area contributed by atoms with Gasteiger partial charge in [0.1, 0.15) is 10.8 Å². The van der Waals surface area contributed by atoms with Gasteiger partial charge >= 0.3 is 0 Å². The molecular weight excluding hydrogens is 283 g/mol. The first-order valence-corrected chi connectivity index (χ1v) is 6.28. The molecule has 0 spiro atoms. The third-order valence-corrected chi connectivity index (χ3v) is 3.15. The van der Waals surface area contributed by atoms with Gasteiger partial charge in [-0.05, 0) is 25.1 Å². The van der Waals surface area contributed by atoms with Gasteiger partial charge in [0.25, 0.3) is 5.69 Å². The molecule has 20 heavy (non-hydrogen) atoms. The highest BCUT2D eigenvalue weighted by Gasteiger charge is 2.12. The minimum atomic E-state index is -0.555. The molecule has 2 aromatic rings. The second-order valence-corrected chi connectivity index (χ2v) is 4.78. The zero-order valence-corrected chi connectivity index (χ0v) is 11.4. The molecule has 2 aromatic carbocycles. The van der Waals surface area contributed by atoms with Gasteiger partial charge in [0.2, 0.25) is 0 Å². The smallest absolute Gasteiger partial charge is 0.289 e. The summed E-state index contributed by atoms with van der Waals surface area (Å²) in [5, 5.41) is 13.8. The van der Waals surface area contributed by atoms with E-state index in [-0.39, 0.29) is 23.1 Å². The lowest BCUT2D eigenvalue weighted by Crippen LogP contribution is -2.02. The molecule has 6 heteroatoms. The molecule has 0 aliphatic carbocycles. The van der Waals surface area contributed by atoms with Crippen molar-refractivity contribution < 1.29 is 9.31 Å². The zero-order chi connectivity index (χ0) is 14.7. The average molecular weight is 295 g/mol. The number of nitro benzene ring substituents is 1. The van der Waals surface area contributed by atoms with Crippen molar-refractivity contribution in [1.82, 2.24) is 0 Å². The van der Waals surface area contributed by atoms with E-state index >= 15 is 0 Å². The molecule has 0 atom stereocenters. The highest BCUT2D eigenvalue weighted by atomic mass is 35.5. The van der Waals surface area contributed by atoms with Gasteiger partial charge in [0.05, 0.1) is 4.92 Å². The largest absolute Gasteiger partial charge is 0.381 e. The highest BCUT2D eigenvalue weighted by Crippen LogP contribution is 2.27. The average Bonchev–Trinajstić information content (AvgIpc) is 2.41. The fourth-order valence-electron chi connectivity index (χ4n) is 1.80. The molecular formula is C14H12ClFN2O2. The Morgan fingerprint density at radius 3 is 2.75 bits per heavy atom. The van der Waals surface area contributed by atoms with Crippen LogP contribution in [-0.2, 0) is 6.54 Å². The predicted molar refractivity (Wildman–Crippen MR) is 76.6 cm³/mol. The summed E-state index contributed by atoms with van der Waals surface area (Å²) in [6, 6.07) is 9.20. The molecule has 0 heterocycles. The zero-order valence-electron chi connectivity index (χ0n) is 10.7. The number of nitrogens with zero attached hydrogens (tertiary/aromatic N) is 1. The number of aryl methyl sites for hydroxylation is 1. The lowest BCUT2D eigenvalue weighted by Gasteiger charge is -2.08. The fraction of sp³-hybridized carbons (Fsp3) is 0.143. The van der Waals surface area contributed by atoms with E-state index in [0.29, 0.717) is 11.3 Å². The number of hydrogen-bond acceptors (Lipinski definition) is 3.